The van der Waals surface area contributed by atoms with E-state index in [2.05, 4.69) is 9.97 Å². The molecule has 0 saturated heterocycles. The number of aliphatic hydroxyl groups excluding tert-OH is 1. The molecule has 0 atom stereocenters. The number of Topliss-reactive ketones (excluding diaryl/α,β-unsaturated/α-hetero) is 1. The van der Waals surface area contributed by atoms with Crippen LogP contribution in [0.15, 0.2) is 57.0 Å². The highest BCUT2D eigenvalue weighted by Gasteiger charge is 2.13. The third kappa shape index (κ3) is 3.82. The molecule has 0 fully saturated rings. The van der Waals surface area contributed by atoms with E-state index >= 15 is 0 Å². The van der Waals surface area contributed by atoms with Crippen LogP contribution in [0.2, 0.25) is 0 Å². The Bertz CT molecular complexity index is 747. The van der Waals surface area contributed by atoms with Gasteiger partial charge in [0.2, 0.25) is 0 Å². The Labute approximate surface area is 125 Å². The first-order chi connectivity index (χ1) is 9.97. The van der Waals surface area contributed by atoms with Crippen molar-refractivity contribution in [1.29, 1.82) is 0 Å². The van der Waals surface area contributed by atoms with Crippen molar-refractivity contribution in [2.75, 3.05) is 0 Å². The summed E-state index contributed by atoms with van der Waals surface area (Å²) in [5, 5.41) is 9.78. The molecule has 2 aromatic rings. The number of allylic oxidation sites excluding steroid dienone is 2. The molecule has 0 bridgehead atoms. The fraction of sp³-hybridized carbons (Fsp3) is 0.133. The van der Waals surface area contributed by atoms with E-state index in [4.69, 9.17) is 0 Å². The van der Waals surface area contributed by atoms with Crippen molar-refractivity contribution in [1.82, 2.24) is 9.97 Å². The second-order valence-corrected chi connectivity index (χ2v) is 5.37. The van der Waals surface area contributed by atoms with Crippen LogP contribution in [0.5, 0.6) is 0 Å². The third-order valence-electron chi connectivity index (χ3n) is 2.64. The predicted octanol–water partition coefficient (Wildman–Crippen LogP) is 2.91. The summed E-state index contributed by atoms with van der Waals surface area (Å²) in [5.41, 5.74) is 1.00. The molecule has 1 aromatic heterocycles. The Morgan fingerprint density at radius 1 is 1.24 bits per heavy atom. The summed E-state index contributed by atoms with van der Waals surface area (Å²) in [6.07, 6.45) is 0. The summed E-state index contributed by atoms with van der Waals surface area (Å²) in [4.78, 5) is 30.2. The Hall–Kier alpha value is -2.34. The number of nitrogens with zero attached hydrogens (tertiary/aromatic N) is 1. The number of H-pyrrole nitrogens is 1. The van der Waals surface area contributed by atoms with Gasteiger partial charge in [-0.1, -0.05) is 30.3 Å². The Balaban J connectivity index is 2.43. The lowest BCUT2D eigenvalue weighted by Gasteiger charge is -2.06. The lowest BCUT2D eigenvalue weighted by Crippen LogP contribution is -2.09. The minimum Gasteiger partial charge on any atom is -0.511 e. The van der Waals surface area contributed by atoms with Crippen LogP contribution in [0.1, 0.15) is 13.8 Å². The number of benzene rings is 1. The van der Waals surface area contributed by atoms with Gasteiger partial charge in [-0.25, -0.2) is 4.98 Å². The summed E-state index contributed by atoms with van der Waals surface area (Å²) < 4.78 is 0. The number of aromatic amines is 1. The van der Waals surface area contributed by atoms with Gasteiger partial charge in [0.25, 0.3) is 5.56 Å². The molecule has 1 heterocycles. The highest BCUT2D eigenvalue weighted by molar-refractivity contribution is 8.03. The van der Waals surface area contributed by atoms with Crippen molar-refractivity contribution in [3.63, 3.8) is 0 Å². The first-order valence-corrected chi connectivity index (χ1v) is 7.04. The number of thioether (sulfide) groups is 1. The smallest absolute Gasteiger partial charge is 0.252 e. The number of carbonyl (C=O) groups excluding carboxylic acids is 1. The topological polar surface area (TPSA) is 83.0 Å². The number of rotatable bonds is 4. The van der Waals surface area contributed by atoms with Gasteiger partial charge in [0, 0.05) is 11.6 Å². The van der Waals surface area contributed by atoms with Crippen LogP contribution in [0.25, 0.3) is 11.3 Å². The first-order valence-electron chi connectivity index (χ1n) is 6.23. The monoisotopic (exact) mass is 302 g/mol. The molecule has 1 aromatic carbocycles. The van der Waals surface area contributed by atoms with Gasteiger partial charge in [0.05, 0.1) is 10.6 Å². The van der Waals surface area contributed by atoms with Crippen molar-refractivity contribution in [3.05, 3.63) is 57.4 Å². The zero-order valence-electron chi connectivity index (χ0n) is 11.6. The summed E-state index contributed by atoms with van der Waals surface area (Å²) in [5.74, 6) is -0.381. The van der Waals surface area contributed by atoms with Crippen LogP contribution in [0.3, 0.4) is 0 Å². The molecule has 0 aliphatic rings. The van der Waals surface area contributed by atoms with Crippen LogP contribution in [-0.2, 0) is 4.79 Å². The third-order valence-corrected chi connectivity index (χ3v) is 3.81. The van der Waals surface area contributed by atoms with Crippen molar-refractivity contribution >= 4 is 17.5 Å². The van der Waals surface area contributed by atoms with Crippen molar-refractivity contribution in [2.45, 2.75) is 19.0 Å². The summed E-state index contributed by atoms with van der Waals surface area (Å²) >= 11 is 0.941. The van der Waals surface area contributed by atoms with E-state index in [-0.39, 0.29) is 27.2 Å². The molecule has 6 heteroatoms. The molecule has 2 rings (SSSR count). The van der Waals surface area contributed by atoms with Gasteiger partial charge in [0.15, 0.2) is 10.9 Å². The van der Waals surface area contributed by atoms with Crippen LogP contribution >= 0.6 is 11.8 Å². The fourth-order valence-electron chi connectivity index (χ4n) is 1.74. The highest BCUT2D eigenvalue weighted by atomic mass is 32.2. The van der Waals surface area contributed by atoms with Gasteiger partial charge < -0.3 is 10.1 Å². The maximum Gasteiger partial charge on any atom is 0.252 e. The molecule has 108 valence electrons. The molecule has 0 aliphatic carbocycles. The zero-order valence-corrected chi connectivity index (χ0v) is 12.4. The highest BCUT2D eigenvalue weighted by Crippen LogP contribution is 2.27. The van der Waals surface area contributed by atoms with Crippen LogP contribution < -0.4 is 5.56 Å². The van der Waals surface area contributed by atoms with Crippen molar-refractivity contribution < 1.29 is 9.90 Å². The van der Waals surface area contributed by atoms with Crippen molar-refractivity contribution in [3.8, 4) is 11.3 Å². The number of nitrogens with one attached hydrogen (secondary N) is 1. The normalized spacial score (nSPS) is 11.9. The maximum atomic E-state index is 11.7. The second-order valence-electron chi connectivity index (χ2n) is 4.37. The van der Waals surface area contributed by atoms with Gasteiger partial charge >= 0.3 is 0 Å². The Kier molecular flexibility index (Phi) is 4.59. The molecule has 21 heavy (non-hydrogen) atoms. The number of hydrogen-bond donors (Lipinski definition) is 2. The van der Waals surface area contributed by atoms with E-state index in [1.54, 1.807) is 0 Å². The molecule has 0 radical (unpaired) electrons. The second kappa shape index (κ2) is 6.41. The summed E-state index contributed by atoms with van der Waals surface area (Å²) in [7, 11) is 0. The number of ketones is 1. The van der Waals surface area contributed by atoms with Gasteiger partial charge in [0.1, 0.15) is 5.76 Å². The predicted molar refractivity (Wildman–Crippen MR) is 82.2 cm³/mol. The van der Waals surface area contributed by atoms with Gasteiger partial charge in [-0.3, -0.25) is 9.59 Å². The van der Waals surface area contributed by atoms with E-state index in [1.165, 1.54) is 19.9 Å². The molecule has 0 unspecified atom stereocenters. The molecular formula is C15H14N2O3S. The van der Waals surface area contributed by atoms with E-state index < -0.39 is 0 Å². The maximum absolute atomic E-state index is 11.7. The SMILES string of the molecule is CC(=O)/C(Sc1nc(-c2ccccc2)cc(=O)[nH]1)=C(\C)O. The average molecular weight is 302 g/mol. The molecule has 5 nitrogen and oxygen atoms in total. The van der Waals surface area contributed by atoms with Crippen LogP contribution in [0.4, 0.5) is 0 Å². The standard InChI is InChI=1S/C15H14N2O3S/c1-9(18)14(10(2)19)21-15-16-12(8-13(20)17-15)11-6-4-3-5-7-11/h3-8,18H,1-2H3,(H,16,17,20)/b14-9-. The van der Waals surface area contributed by atoms with E-state index in [0.717, 1.165) is 17.3 Å². The van der Waals surface area contributed by atoms with E-state index in [9.17, 15) is 14.7 Å². The van der Waals surface area contributed by atoms with Crippen molar-refractivity contribution in [2.24, 2.45) is 0 Å². The van der Waals surface area contributed by atoms with Gasteiger partial charge in [-0.2, -0.15) is 0 Å². The Morgan fingerprint density at radius 3 is 2.48 bits per heavy atom. The lowest BCUT2D eigenvalue weighted by molar-refractivity contribution is -0.113. The van der Waals surface area contributed by atoms with Gasteiger partial charge in [-0.05, 0) is 25.6 Å². The Morgan fingerprint density at radius 2 is 1.90 bits per heavy atom. The number of carbonyl (C=O) groups is 1. The quantitative estimate of drug-likeness (QED) is 0.393. The minimum absolute atomic E-state index is 0.0970. The molecule has 0 saturated carbocycles. The van der Waals surface area contributed by atoms with Crippen LogP contribution in [0, 0.1) is 0 Å². The molecule has 0 spiro atoms. The fourth-order valence-corrected chi connectivity index (χ4v) is 2.52. The van der Waals surface area contributed by atoms with Crippen LogP contribution in [-0.4, -0.2) is 20.9 Å². The van der Waals surface area contributed by atoms with Gasteiger partial charge in [-0.15, -0.1) is 0 Å². The number of hydrogen-bond acceptors (Lipinski definition) is 5. The van der Waals surface area contributed by atoms with E-state index in [0.29, 0.717) is 5.69 Å². The zero-order chi connectivity index (χ0) is 15.4. The molecule has 2 N–H and O–H groups in total. The molecule has 0 aliphatic heterocycles. The number of aromatic nitrogens is 2. The molecule has 0 amide bonds. The molecular weight excluding hydrogens is 288 g/mol. The number of aliphatic hydroxyl groups is 1. The first kappa shape index (κ1) is 15.1. The summed E-state index contributed by atoms with van der Waals surface area (Å²) in [6, 6.07) is 10.7. The lowest BCUT2D eigenvalue weighted by atomic mass is 10.1. The van der Waals surface area contributed by atoms with E-state index in [1.807, 2.05) is 30.3 Å². The largest absolute Gasteiger partial charge is 0.511 e. The summed E-state index contributed by atoms with van der Waals surface area (Å²) in [6.45, 7) is 2.77. The minimum atomic E-state index is -0.315. The average Bonchev–Trinajstić information content (AvgIpc) is 2.44.